The molecule has 0 saturated carbocycles. The molecule has 0 aromatic rings. The maximum atomic E-state index is 13.5. The first kappa shape index (κ1) is 11.2. The van der Waals surface area contributed by atoms with Crippen molar-refractivity contribution in [3.63, 3.8) is 0 Å². The number of piperidine rings is 1. The fourth-order valence-electron chi connectivity index (χ4n) is 1.63. The minimum atomic E-state index is -1.41. The van der Waals surface area contributed by atoms with Crippen LogP contribution in [0.1, 0.15) is 26.2 Å². The number of amides is 1. The number of carbonyl (C=O) groups is 1. The van der Waals surface area contributed by atoms with Crippen LogP contribution in [-0.2, 0) is 4.79 Å². The molecular formula is C11H18FNO. The van der Waals surface area contributed by atoms with E-state index >= 15 is 0 Å². The summed E-state index contributed by atoms with van der Waals surface area (Å²) >= 11 is 0. The van der Waals surface area contributed by atoms with Crippen molar-refractivity contribution in [2.45, 2.75) is 32.4 Å². The number of rotatable bonds is 3. The number of allylic oxidation sites excluding steroid dienone is 1. The van der Waals surface area contributed by atoms with E-state index in [1.807, 2.05) is 0 Å². The molecule has 0 N–H and O–H groups in total. The summed E-state index contributed by atoms with van der Waals surface area (Å²) in [6.45, 7) is 6.60. The highest BCUT2D eigenvalue weighted by Crippen LogP contribution is 2.16. The molecule has 0 bridgehead atoms. The van der Waals surface area contributed by atoms with E-state index in [-0.39, 0.29) is 11.8 Å². The fraction of sp³-hybridized carbons (Fsp3) is 0.727. The lowest BCUT2D eigenvalue weighted by Crippen LogP contribution is -2.42. The lowest BCUT2D eigenvalue weighted by atomic mass is 10.0. The van der Waals surface area contributed by atoms with Crippen molar-refractivity contribution in [3.05, 3.63) is 12.7 Å². The average molecular weight is 199 g/mol. The largest absolute Gasteiger partial charge is 0.340 e. The maximum Gasteiger partial charge on any atom is 0.257 e. The number of hydrogen-bond donors (Lipinski definition) is 0. The smallest absolute Gasteiger partial charge is 0.257 e. The van der Waals surface area contributed by atoms with Crippen molar-refractivity contribution in [1.29, 1.82) is 0 Å². The minimum absolute atomic E-state index is 0.364. The highest BCUT2D eigenvalue weighted by Gasteiger charge is 2.28. The third-order valence-electron chi connectivity index (χ3n) is 2.74. The molecule has 1 rings (SSSR count). The molecule has 0 unspecified atom stereocenters. The van der Waals surface area contributed by atoms with Gasteiger partial charge in [-0.15, -0.1) is 6.58 Å². The highest BCUT2D eigenvalue weighted by molar-refractivity contribution is 5.81. The van der Waals surface area contributed by atoms with Gasteiger partial charge in [0.25, 0.3) is 5.91 Å². The van der Waals surface area contributed by atoms with Crippen LogP contribution < -0.4 is 0 Å². The summed E-state index contributed by atoms with van der Waals surface area (Å²) < 4.78 is 13.5. The van der Waals surface area contributed by atoms with Gasteiger partial charge in [0.1, 0.15) is 0 Å². The molecule has 0 spiro atoms. The van der Waals surface area contributed by atoms with Crippen LogP contribution in [0, 0.1) is 5.92 Å². The first-order chi connectivity index (χ1) is 6.66. The molecule has 1 amide bonds. The Kier molecular flexibility index (Phi) is 4.11. The van der Waals surface area contributed by atoms with Gasteiger partial charge in [-0.2, -0.15) is 0 Å². The first-order valence-electron chi connectivity index (χ1n) is 5.22. The Hall–Kier alpha value is -0.860. The molecule has 2 atom stereocenters. The normalized spacial score (nSPS) is 21.4. The molecule has 1 heterocycles. The number of hydrogen-bond acceptors (Lipinski definition) is 1. The van der Waals surface area contributed by atoms with Gasteiger partial charge in [-0.25, -0.2) is 4.39 Å². The molecule has 0 aromatic carbocycles. The van der Waals surface area contributed by atoms with Crippen molar-refractivity contribution in [2.24, 2.45) is 5.92 Å². The standard InChI is InChI=1S/C11H18FNO/c1-3-9(2)10(12)11(14)13-7-5-4-6-8-13/h3,9-10H,1,4-8H2,2H3/t9-,10-/m0/s1. The summed E-state index contributed by atoms with van der Waals surface area (Å²) in [6.07, 6.45) is 3.23. The van der Waals surface area contributed by atoms with E-state index in [4.69, 9.17) is 0 Å². The number of halogens is 1. The van der Waals surface area contributed by atoms with Crippen LogP contribution in [0.5, 0.6) is 0 Å². The highest BCUT2D eigenvalue weighted by atomic mass is 19.1. The van der Waals surface area contributed by atoms with E-state index in [1.165, 1.54) is 6.08 Å². The van der Waals surface area contributed by atoms with Gasteiger partial charge in [-0.1, -0.05) is 13.0 Å². The van der Waals surface area contributed by atoms with Crippen LogP contribution in [0.3, 0.4) is 0 Å². The lowest BCUT2D eigenvalue weighted by molar-refractivity contribution is -0.138. The van der Waals surface area contributed by atoms with Gasteiger partial charge in [0.15, 0.2) is 6.17 Å². The van der Waals surface area contributed by atoms with Gasteiger partial charge in [0.2, 0.25) is 0 Å². The van der Waals surface area contributed by atoms with E-state index in [1.54, 1.807) is 11.8 Å². The van der Waals surface area contributed by atoms with Gasteiger partial charge < -0.3 is 4.90 Å². The van der Waals surface area contributed by atoms with E-state index in [9.17, 15) is 9.18 Å². The molecule has 2 nitrogen and oxygen atoms in total. The molecule has 1 aliphatic heterocycles. The molecule has 3 heteroatoms. The van der Waals surface area contributed by atoms with Gasteiger partial charge in [-0.05, 0) is 19.3 Å². The molecule has 80 valence electrons. The second-order valence-electron chi connectivity index (χ2n) is 3.88. The number of alkyl halides is 1. The molecular weight excluding hydrogens is 181 g/mol. The summed E-state index contributed by atoms with van der Waals surface area (Å²) in [7, 11) is 0. The second-order valence-corrected chi connectivity index (χ2v) is 3.88. The third kappa shape index (κ3) is 2.56. The van der Waals surface area contributed by atoms with Crippen molar-refractivity contribution in [2.75, 3.05) is 13.1 Å². The molecule has 14 heavy (non-hydrogen) atoms. The predicted molar refractivity (Wildman–Crippen MR) is 54.7 cm³/mol. The quantitative estimate of drug-likeness (QED) is 0.638. The third-order valence-corrected chi connectivity index (χ3v) is 2.74. The van der Waals surface area contributed by atoms with Crippen LogP contribution in [-0.4, -0.2) is 30.1 Å². The van der Waals surface area contributed by atoms with Gasteiger partial charge >= 0.3 is 0 Å². The Morgan fingerprint density at radius 2 is 2.00 bits per heavy atom. The van der Waals surface area contributed by atoms with E-state index < -0.39 is 6.17 Å². The molecule has 0 radical (unpaired) electrons. The zero-order valence-corrected chi connectivity index (χ0v) is 8.71. The zero-order valence-electron chi connectivity index (χ0n) is 8.71. The van der Waals surface area contributed by atoms with Crippen LogP contribution >= 0.6 is 0 Å². The Morgan fingerprint density at radius 3 is 2.50 bits per heavy atom. The van der Waals surface area contributed by atoms with Crippen LogP contribution in [0.15, 0.2) is 12.7 Å². The Labute approximate surface area is 84.8 Å². The molecule has 1 fully saturated rings. The summed E-state index contributed by atoms with van der Waals surface area (Å²) in [5, 5.41) is 0. The van der Waals surface area contributed by atoms with Crippen molar-refractivity contribution in [3.8, 4) is 0 Å². The van der Waals surface area contributed by atoms with Crippen LogP contribution in [0.4, 0.5) is 4.39 Å². The number of carbonyl (C=O) groups excluding carboxylic acids is 1. The zero-order chi connectivity index (χ0) is 10.6. The Morgan fingerprint density at radius 1 is 1.43 bits per heavy atom. The minimum Gasteiger partial charge on any atom is -0.340 e. The fourth-order valence-corrected chi connectivity index (χ4v) is 1.63. The monoisotopic (exact) mass is 199 g/mol. The maximum absolute atomic E-state index is 13.5. The second kappa shape index (κ2) is 5.13. The molecule has 0 aromatic heterocycles. The Bertz CT molecular complexity index is 211. The van der Waals surface area contributed by atoms with Crippen molar-refractivity contribution < 1.29 is 9.18 Å². The molecule has 1 aliphatic rings. The predicted octanol–water partition coefficient (Wildman–Crippen LogP) is 2.16. The summed E-state index contributed by atoms with van der Waals surface area (Å²) in [4.78, 5) is 13.2. The van der Waals surface area contributed by atoms with Crippen molar-refractivity contribution >= 4 is 5.91 Å². The average Bonchev–Trinajstić information content (AvgIpc) is 2.27. The van der Waals surface area contributed by atoms with Crippen molar-refractivity contribution in [1.82, 2.24) is 4.90 Å². The molecule has 1 saturated heterocycles. The summed E-state index contributed by atoms with van der Waals surface area (Å²) in [5.74, 6) is -0.749. The Balaban J connectivity index is 2.49. The topological polar surface area (TPSA) is 20.3 Å². The number of nitrogens with zero attached hydrogens (tertiary/aromatic N) is 1. The van der Waals surface area contributed by atoms with E-state index in [0.29, 0.717) is 13.1 Å². The summed E-state index contributed by atoms with van der Waals surface area (Å²) in [5.41, 5.74) is 0. The lowest BCUT2D eigenvalue weighted by Gasteiger charge is -2.28. The van der Waals surface area contributed by atoms with E-state index in [2.05, 4.69) is 6.58 Å². The first-order valence-corrected chi connectivity index (χ1v) is 5.22. The number of likely N-dealkylation sites (tertiary alicyclic amines) is 1. The summed E-state index contributed by atoms with van der Waals surface area (Å²) in [6, 6.07) is 0. The van der Waals surface area contributed by atoms with Gasteiger partial charge in [-0.3, -0.25) is 4.79 Å². The van der Waals surface area contributed by atoms with Crippen LogP contribution in [0.2, 0.25) is 0 Å². The van der Waals surface area contributed by atoms with E-state index in [0.717, 1.165) is 19.3 Å². The van der Waals surface area contributed by atoms with Crippen LogP contribution in [0.25, 0.3) is 0 Å². The SMILES string of the molecule is C=C[C@H](C)[C@H](F)C(=O)N1CCCCC1. The molecule has 0 aliphatic carbocycles. The van der Waals surface area contributed by atoms with Gasteiger partial charge in [0.05, 0.1) is 0 Å². The van der Waals surface area contributed by atoms with Gasteiger partial charge in [0, 0.05) is 19.0 Å².